The first-order valence-electron chi connectivity index (χ1n) is 5.60. The smallest absolute Gasteiger partial charge is 0.329 e. The molecular formula is C12H15FN2O2. The summed E-state index contributed by atoms with van der Waals surface area (Å²) >= 11 is 0. The lowest BCUT2D eigenvalue weighted by Crippen LogP contribution is -2.53. The molecule has 3 N–H and O–H groups in total. The summed E-state index contributed by atoms with van der Waals surface area (Å²) < 4.78 is 12.8. The fourth-order valence-electron chi connectivity index (χ4n) is 2.06. The summed E-state index contributed by atoms with van der Waals surface area (Å²) in [6.45, 7) is 1.33. The Morgan fingerprint density at radius 3 is 2.41 bits per heavy atom. The van der Waals surface area contributed by atoms with E-state index in [0.717, 1.165) is 0 Å². The van der Waals surface area contributed by atoms with Crippen LogP contribution in [0.2, 0.25) is 0 Å². The van der Waals surface area contributed by atoms with Crippen molar-refractivity contribution in [1.29, 1.82) is 0 Å². The summed E-state index contributed by atoms with van der Waals surface area (Å²) in [7, 11) is 0. The van der Waals surface area contributed by atoms with Crippen molar-refractivity contribution in [2.75, 3.05) is 18.4 Å². The maximum atomic E-state index is 12.8. The number of hydrogen-bond donors (Lipinski definition) is 3. The van der Waals surface area contributed by atoms with Crippen LogP contribution in [-0.2, 0) is 4.79 Å². The van der Waals surface area contributed by atoms with Crippen molar-refractivity contribution >= 4 is 11.7 Å². The van der Waals surface area contributed by atoms with E-state index < -0.39 is 11.5 Å². The van der Waals surface area contributed by atoms with Crippen LogP contribution in [0, 0.1) is 5.82 Å². The van der Waals surface area contributed by atoms with Crippen molar-refractivity contribution in [3.05, 3.63) is 30.1 Å². The minimum absolute atomic E-state index is 0.328. The van der Waals surface area contributed by atoms with Crippen LogP contribution < -0.4 is 10.6 Å². The number of aliphatic carboxylic acids is 1. The highest BCUT2D eigenvalue weighted by Crippen LogP contribution is 2.24. The second-order valence-corrected chi connectivity index (χ2v) is 4.27. The second-order valence-electron chi connectivity index (χ2n) is 4.27. The molecule has 0 aromatic heterocycles. The van der Waals surface area contributed by atoms with Gasteiger partial charge >= 0.3 is 5.97 Å². The molecule has 1 aliphatic heterocycles. The van der Waals surface area contributed by atoms with Gasteiger partial charge in [-0.25, -0.2) is 9.18 Å². The van der Waals surface area contributed by atoms with E-state index in [1.807, 2.05) is 0 Å². The Labute approximate surface area is 98.8 Å². The maximum Gasteiger partial charge on any atom is 0.329 e. The molecule has 5 heteroatoms. The number of carbonyl (C=O) groups is 1. The predicted octanol–water partition coefficient (Wildman–Crippen LogP) is 1.44. The van der Waals surface area contributed by atoms with E-state index in [4.69, 9.17) is 0 Å². The number of nitrogens with one attached hydrogen (secondary N) is 2. The Hall–Kier alpha value is -1.62. The van der Waals surface area contributed by atoms with Gasteiger partial charge in [0.05, 0.1) is 0 Å². The van der Waals surface area contributed by atoms with Crippen LogP contribution in [0.25, 0.3) is 0 Å². The van der Waals surface area contributed by atoms with Crippen molar-refractivity contribution in [3.8, 4) is 0 Å². The number of anilines is 1. The van der Waals surface area contributed by atoms with Gasteiger partial charge in [-0.1, -0.05) is 0 Å². The van der Waals surface area contributed by atoms with Crippen molar-refractivity contribution in [3.63, 3.8) is 0 Å². The molecule has 4 nitrogen and oxygen atoms in total. The van der Waals surface area contributed by atoms with E-state index in [-0.39, 0.29) is 5.82 Å². The van der Waals surface area contributed by atoms with Gasteiger partial charge in [0.15, 0.2) is 0 Å². The van der Waals surface area contributed by atoms with Gasteiger partial charge in [-0.05, 0) is 50.2 Å². The highest BCUT2D eigenvalue weighted by molar-refractivity contribution is 5.83. The number of rotatable bonds is 3. The lowest BCUT2D eigenvalue weighted by atomic mass is 9.88. The molecule has 17 heavy (non-hydrogen) atoms. The van der Waals surface area contributed by atoms with Gasteiger partial charge in [-0.3, -0.25) is 0 Å². The van der Waals surface area contributed by atoms with E-state index in [1.165, 1.54) is 12.1 Å². The zero-order valence-electron chi connectivity index (χ0n) is 9.37. The number of piperidine rings is 1. The summed E-state index contributed by atoms with van der Waals surface area (Å²) in [5, 5.41) is 15.5. The van der Waals surface area contributed by atoms with Crippen LogP contribution in [0.4, 0.5) is 10.1 Å². The van der Waals surface area contributed by atoms with E-state index in [0.29, 0.717) is 31.6 Å². The summed E-state index contributed by atoms with van der Waals surface area (Å²) in [5.74, 6) is -1.19. The quantitative estimate of drug-likeness (QED) is 0.745. The Kier molecular flexibility index (Phi) is 3.28. The summed E-state index contributed by atoms with van der Waals surface area (Å²) in [6, 6.07) is 5.75. The molecule has 1 aliphatic rings. The molecule has 0 radical (unpaired) electrons. The third-order valence-electron chi connectivity index (χ3n) is 3.09. The van der Waals surface area contributed by atoms with E-state index in [1.54, 1.807) is 12.1 Å². The average Bonchev–Trinajstić information content (AvgIpc) is 2.33. The minimum atomic E-state index is -0.941. The fourth-order valence-corrected chi connectivity index (χ4v) is 2.06. The fraction of sp³-hybridized carbons (Fsp3) is 0.417. The van der Waals surface area contributed by atoms with Crippen LogP contribution >= 0.6 is 0 Å². The molecule has 1 aromatic carbocycles. The third-order valence-corrected chi connectivity index (χ3v) is 3.09. The van der Waals surface area contributed by atoms with E-state index in [9.17, 15) is 14.3 Å². The van der Waals surface area contributed by atoms with Crippen molar-refractivity contribution < 1.29 is 14.3 Å². The third kappa shape index (κ3) is 2.55. The van der Waals surface area contributed by atoms with Crippen LogP contribution in [0.1, 0.15) is 12.8 Å². The van der Waals surface area contributed by atoms with Gasteiger partial charge < -0.3 is 15.7 Å². The molecule has 0 unspecified atom stereocenters. The monoisotopic (exact) mass is 238 g/mol. The van der Waals surface area contributed by atoms with Gasteiger partial charge in [0.25, 0.3) is 0 Å². The number of hydrogen-bond acceptors (Lipinski definition) is 3. The maximum absolute atomic E-state index is 12.8. The second kappa shape index (κ2) is 4.71. The topological polar surface area (TPSA) is 61.4 Å². The molecule has 0 aliphatic carbocycles. The van der Waals surface area contributed by atoms with Gasteiger partial charge in [0.2, 0.25) is 0 Å². The highest BCUT2D eigenvalue weighted by Gasteiger charge is 2.39. The molecule has 1 saturated heterocycles. The predicted molar refractivity (Wildman–Crippen MR) is 62.5 cm³/mol. The van der Waals surface area contributed by atoms with Gasteiger partial charge in [0.1, 0.15) is 11.4 Å². The Morgan fingerprint density at radius 1 is 1.29 bits per heavy atom. The number of benzene rings is 1. The first kappa shape index (κ1) is 11.9. The van der Waals surface area contributed by atoms with E-state index in [2.05, 4.69) is 10.6 Å². The molecule has 0 bridgehead atoms. The normalized spacial score (nSPS) is 18.6. The molecule has 1 fully saturated rings. The molecule has 1 heterocycles. The molecule has 0 spiro atoms. The van der Waals surface area contributed by atoms with Crippen LogP contribution in [0.3, 0.4) is 0 Å². The van der Waals surface area contributed by atoms with Crippen LogP contribution in [-0.4, -0.2) is 29.7 Å². The van der Waals surface area contributed by atoms with Gasteiger partial charge in [-0.15, -0.1) is 0 Å². The zero-order chi connectivity index (χ0) is 12.3. The minimum Gasteiger partial charge on any atom is -0.480 e. The molecule has 2 rings (SSSR count). The number of halogens is 1. The first-order chi connectivity index (χ1) is 8.12. The molecule has 0 atom stereocenters. The van der Waals surface area contributed by atoms with Crippen molar-refractivity contribution in [2.45, 2.75) is 18.4 Å². The highest BCUT2D eigenvalue weighted by atomic mass is 19.1. The first-order valence-corrected chi connectivity index (χ1v) is 5.60. The summed E-state index contributed by atoms with van der Waals surface area (Å²) in [6.07, 6.45) is 1.03. The van der Waals surface area contributed by atoms with Gasteiger partial charge in [-0.2, -0.15) is 0 Å². The van der Waals surface area contributed by atoms with Crippen molar-refractivity contribution in [2.24, 2.45) is 0 Å². The largest absolute Gasteiger partial charge is 0.480 e. The zero-order valence-corrected chi connectivity index (χ0v) is 9.37. The molecular weight excluding hydrogens is 223 g/mol. The van der Waals surface area contributed by atoms with Crippen LogP contribution in [0.5, 0.6) is 0 Å². The molecule has 1 aromatic rings. The Balaban J connectivity index is 2.17. The molecule has 0 saturated carbocycles. The van der Waals surface area contributed by atoms with E-state index >= 15 is 0 Å². The number of carboxylic acid groups (broad SMARTS) is 1. The number of carboxylic acids is 1. The lowest BCUT2D eigenvalue weighted by molar-refractivity contribution is -0.143. The lowest BCUT2D eigenvalue weighted by Gasteiger charge is -2.35. The Bertz CT molecular complexity index is 399. The standard InChI is InChI=1S/C12H15FN2O2/c13-9-1-3-10(4-2-9)15-12(11(16)17)5-7-14-8-6-12/h1-4,14-15H,5-8H2,(H,16,17). The van der Waals surface area contributed by atoms with Crippen LogP contribution in [0.15, 0.2) is 24.3 Å². The van der Waals surface area contributed by atoms with Gasteiger partial charge in [0, 0.05) is 5.69 Å². The Morgan fingerprint density at radius 2 is 1.88 bits per heavy atom. The molecule has 92 valence electrons. The SMILES string of the molecule is O=C(O)C1(Nc2ccc(F)cc2)CCNCC1. The molecule has 0 amide bonds. The summed E-state index contributed by atoms with van der Waals surface area (Å²) in [4.78, 5) is 11.4. The summed E-state index contributed by atoms with van der Waals surface area (Å²) in [5.41, 5.74) is -0.306. The van der Waals surface area contributed by atoms with Crippen molar-refractivity contribution in [1.82, 2.24) is 5.32 Å². The average molecular weight is 238 g/mol.